The smallest absolute Gasteiger partial charge is 0.0581 e. The van der Waals surface area contributed by atoms with Crippen LogP contribution in [0.25, 0.3) is 0 Å². The summed E-state index contributed by atoms with van der Waals surface area (Å²) in [4.78, 5) is 0. The highest BCUT2D eigenvalue weighted by Crippen LogP contribution is 2.29. The lowest BCUT2D eigenvalue weighted by Gasteiger charge is -2.34. The van der Waals surface area contributed by atoms with Crippen molar-refractivity contribution in [2.75, 3.05) is 19.8 Å². The van der Waals surface area contributed by atoms with E-state index in [0.717, 1.165) is 32.1 Å². The second-order valence-electron chi connectivity index (χ2n) is 4.84. The molecule has 1 saturated heterocycles. The largest absolute Gasteiger partial charge is 0.378 e. The molecule has 0 aromatic rings. The van der Waals surface area contributed by atoms with Crippen LogP contribution in [-0.2, 0) is 9.47 Å². The zero-order valence-electron chi connectivity index (χ0n) is 9.49. The average molecular weight is 213 g/mol. The summed E-state index contributed by atoms with van der Waals surface area (Å²) in [5.41, 5.74) is 5.56. The lowest BCUT2D eigenvalue weighted by Crippen LogP contribution is -2.36. The molecule has 88 valence electrons. The van der Waals surface area contributed by atoms with Crippen LogP contribution in [0, 0.1) is 5.92 Å². The SMILES string of the molecule is NCC1CC(OCCCC2CCCO2)C1. The van der Waals surface area contributed by atoms with E-state index in [1.54, 1.807) is 0 Å². The van der Waals surface area contributed by atoms with Crippen molar-refractivity contribution in [1.29, 1.82) is 0 Å². The highest BCUT2D eigenvalue weighted by atomic mass is 16.5. The number of rotatable bonds is 6. The van der Waals surface area contributed by atoms with Crippen molar-refractivity contribution in [1.82, 2.24) is 0 Å². The molecule has 0 aromatic heterocycles. The van der Waals surface area contributed by atoms with E-state index in [2.05, 4.69) is 0 Å². The third-order valence-corrected chi connectivity index (χ3v) is 3.57. The maximum absolute atomic E-state index is 5.76. The average Bonchev–Trinajstić information content (AvgIpc) is 2.67. The van der Waals surface area contributed by atoms with Crippen molar-refractivity contribution in [3.63, 3.8) is 0 Å². The van der Waals surface area contributed by atoms with Crippen LogP contribution in [0.2, 0.25) is 0 Å². The molecule has 2 aliphatic rings. The quantitative estimate of drug-likeness (QED) is 0.683. The van der Waals surface area contributed by atoms with E-state index >= 15 is 0 Å². The zero-order valence-corrected chi connectivity index (χ0v) is 9.49. The highest BCUT2D eigenvalue weighted by molar-refractivity contribution is 4.80. The van der Waals surface area contributed by atoms with E-state index in [9.17, 15) is 0 Å². The first-order chi connectivity index (χ1) is 7.38. The molecule has 3 heteroatoms. The van der Waals surface area contributed by atoms with E-state index < -0.39 is 0 Å². The summed E-state index contributed by atoms with van der Waals surface area (Å²) in [5.74, 6) is 0.730. The molecule has 1 saturated carbocycles. The van der Waals surface area contributed by atoms with Gasteiger partial charge in [-0.1, -0.05) is 0 Å². The van der Waals surface area contributed by atoms with Crippen molar-refractivity contribution < 1.29 is 9.47 Å². The van der Waals surface area contributed by atoms with Crippen LogP contribution in [0.5, 0.6) is 0 Å². The summed E-state index contributed by atoms with van der Waals surface area (Å²) in [7, 11) is 0. The fraction of sp³-hybridized carbons (Fsp3) is 1.00. The molecule has 15 heavy (non-hydrogen) atoms. The van der Waals surface area contributed by atoms with Crippen LogP contribution >= 0.6 is 0 Å². The molecule has 1 aliphatic heterocycles. The summed E-state index contributed by atoms with van der Waals surface area (Å²) < 4.78 is 11.3. The number of nitrogens with two attached hydrogens (primary N) is 1. The Kier molecular flexibility index (Phi) is 4.42. The Morgan fingerprint density at radius 3 is 2.87 bits per heavy atom. The molecule has 0 aromatic carbocycles. The van der Waals surface area contributed by atoms with Crippen LogP contribution < -0.4 is 5.73 Å². The molecule has 0 spiro atoms. The van der Waals surface area contributed by atoms with Crippen LogP contribution in [-0.4, -0.2) is 32.0 Å². The molecule has 2 fully saturated rings. The van der Waals surface area contributed by atoms with Gasteiger partial charge in [-0.15, -0.1) is 0 Å². The van der Waals surface area contributed by atoms with Gasteiger partial charge in [0.2, 0.25) is 0 Å². The summed E-state index contributed by atoms with van der Waals surface area (Å²) in [6, 6.07) is 0. The molecule has 3 nitrogen and oxygen atoms in total. The van der Waals surface area contributed by atoms with E-state index in [1.165, 1.54) is 32.1 Å². The van der Waals surface area contributed by atoms with E-state index in [1.807, 2.05) is 0 Å². The van der Waals surface area contributed by atoms with Gasteiger partial charge < -0.3 is 15.2 Å². The van der Waals surface area contributed by atoms with Crippen LogP contribution in [0.4, 0.5) is 0 Å². The van der Waals surface area contributed by atoms with Gasteiger partial charge in [0.25, 0.3) is 0 Å². The Morgan fingerprint density at radius 1 is 1.33 bits per heavy atom. The zero-order chi connectivity index (χ0) is 10.5. The Morgan fingerprint density at radius 2 is 2.20 bits per heavy atom. The van der Waals surface area contributed by atoms with Crippen molar-refractivity contribution >= 4 is 0 Å². The van der Waals surface area contributed by atoms with Crippen LogP contribution in [0.15, 0.2) is 0 Å². The first kappa shape index (κ1) is 11.4. The summed E-state index contributed by atoms with van der Waals surface area (Å²) >= 11 is 0. The summed E-state index contributed by atoms with van der Waals surface area (Å²) in [6.07, 6.45) is 8.19. The van der Waals surface area contributed by atoms with Crippen LogP contribution in [0.3, 0.4) is 0 Å². The predicted molar refractivity (Wildman–Crippen MR) is 59.7 cm³/mol. The van der Waals surface area contributed by atoms with Gasteiger partial charge in [0.15, 0.2) is 0 Å². The first-order valence-electron chi connectivity index (χ1n) is 6.31. The van der Waals surface area contributed by atoms with Crippen molar-refractivity contribution in [3.8, 4) is 0 Å². The highest BCUT2D eigenvalue weighted by Gasteiger charge is 2.28. The van der Waals surface area contributed by atoms with E-state index in [0.29, 0.717) is 12.2 Å². The monoisotopic (exact) mass is 213 g/mol. The molecule has 2 rings (SSSR count). The van der Waals surface area contributed by atoms with Gasteiger partial charge in [0, 0.05) is 13.2 Å². The number of hydrogen-bond acceptors (Lipinski definition) is 3. The summed E-state index contributed by atoms with van der Waals surface area (Å²) in [5, 5.41) is 0. The molecule has 2 N–H and O–H groups in total. The standard InChI is InChI=1S/C12H23NO2/c13-9-10-7-12(8-10)15-6-2-4-11-3-1-5-14-11/h10-12H,1-9,13H2. The minimum atomic E-state index is 0.503. The van der Waals surface area contributed by atoms with Gasteiger partial charge in [0.05, 0.1) is 12.2 Å². The minimum Gasteiger partial charge on any atom is -0.378 e. The third-order valence-electron chi connectivity index (χ3n) is 3.57. The van der Waals surface area contributed by atoms with Gasteiger partial charge in [0.1, 0.15) is 0 Å². The molecule has 1 aliphatic carbocycles. The molecule has 0 amide bonds. The molecule has 0 radical (unpaired) electrons. The van der Waals surface area contributed by atoms with Gasteiger partial charge >= 0.3 is 0 Å². The minimum absolute atomic E-state index is 0.503. The molecular weight excluding hydrogens is 190 g/mol. The predicted octanol–water partition coefficient (Wildman–Crippen LogP) is 1.70. The Hall–Kier alpha value is -0.120. The van der Waals surface area contributed by atoms with Gasteiger partial charge in [-0.2, -0.15) is 0 Å². The molecule has 0 bridgehead atoms. The van der Waals surface area contributed by atoms with E-state index in [4.69, 9.17) is 15.2 Å². The fourth-order valence-corrected chi connectivity index (χ4v) is 2.44. The Labute approximate surface area is 92.3 Å². The van der Waals surface area contributed by atoms with Gasteiger partial charge in [-0.05, 0) is 51.0 Å². The topological polar surface area (TPSA) is 44.5 Å². The van der Waals surface area contributed by atoms with Crippen LogP contribution in [0.1, 0.15) is 38.5 Å². The third kappa shape index (κ3) is 3.44. The maximum atomic E-state index is 5.76. The maximum Gasteiger partial charge on any atom is 0.0581 e. The normalized spacial score (nSPS) is 35.4. The van der Waals surface area contributed by atoms with E-state index in [-0.39, 0.29) is 0 Å². The lowest BCUT2D eigenvalue weighted by atomic mass is 9.82. The fourth-order valence-electron chi connectivity index (χ4n) is 2.44. The number of hydrogen-bond donors (Lipinski definition) is 1. The van der Waals surface area contributed by atoms with Gasteiger partial charge in [-0.25, -0.2) is 0 Å². The molecule has 1 unspecified atom stereocenters. The molecular formula is C12H23NO2. The molecule has 1 atom stereocenters. The van der Waals surface area contributed by atoms with Crippen molar-refractivity contribution in [3.05, 3.63) is 0 Å². The number of ether oxygens (including phenoxy) is 2. The Balaban J connectivity index is 1.42. The van der Waals surface area contributed by atoms with Gasteiger partial charge in [-0.3, -0.25) is 0 Å². The molecule has 1 heterocycles. The first-order valence-corrected chi connectivity index (χ1v) is 6.31. The van der Waals surface area contributed by atoms with Crippen molar-refractivity contribution in [2.24, 2.45) is 11.7 Å². The Bertz CT molecular complexity index is 174. The van der Waals surface area contributed by atoms with Crippen molar-refractivity contribution in [2.45, 2.75) is 50.7 Å². The lowest BCUT2D eigenvalue weighted by molar-refractivity contribution is -0.0322. The second-order valence-corrected chi connectivity index (χ2v) is 4.84. The summed E-state index contributed by atoms with van der Waals surface area (Å²) in [6.45, 7) is 2.70. The second kappa shape index (κ2) is 5.83.